The van der Waals surface area contributed by atoms with Gasteiger partial charge >= 0.3 is 0 Å². The molecule has 0 aromatic carbocycles. The van der Waals surface area contributed by atoms with Gasteiger partial charge < -0.3 is 5.32 Å². The molecule has 1 aromatic heterocycles. The topological polar surface area (TPSA) is 29.9 Å². The van der Waals surface area contributed by atoms with E-state index in [4.69, 9.17) is 5.10 Å². The van der Waals surface area contributed by atoms with Crippen LogP contribution in [0.2, 0.25) is 0 Å². The van der Waals surface area contributed by atoms with Gasteiger partial charge in [-0.05, 0) is 32.6 Å². The Labute approximate surface area is 116 Å². The largest absolute Gasteiger partial charge is 0.310 e. The number of thioether (sulfide) groups is 1. The minimum atomic E-state index is 0.405. The summed E-state index contributed by atoms with van der Waals surface area (Å²) in [6, 6.07) is 0.405. The normalized spacial score (nSPS) is 12.9. The number of aryl methyl sites for hydroxylation is 2. The van der Waals surface area contributed by atoms with Gasteiger partial charge in [-0.1, -0.05) is 20.8 Å². The zero-order valence-corrected chi connectivity index (χ0v) is 13.2. The summed E-state index contributed by atoms with van der Waals surface area (Å²) in [5.74, 6) is 1.13. The van der Waals surface area contributed by atoms with Crippen LogP contribution in [-0.2, 0) is 19.4 Å². The molecular formula is C14H27N3S. The quantitative estimate of drug-likeness (QED) is 0.786. The number of rotatable bonds is 8. The van der Waals surface area contributed by atoms with Crippen LogP contribution < -0.4 is 5.32 Å². The Morgan fingerprint density at radius 3 is 2.50 bits per heavy atom. The van der Waals surface area contributed by atoms with Gasteiger partial charge in [0.25, 0.3) is 0 Å². The second-order valence-electron chi connectivity index (χ2n) is 4.51. The van der Waals surface area contributed by atoms with Gasteiger partial charge in [0.2, 0.25) is 0 Å². The van der Waals surface area contributed by atoms with E-state index in [1.807, 2.05) is 11.8 Å². The van der Waals surface area contributed by atoms with Crippen molar-refractivity contribution >= 4 is 11.8 Å². The standard InChI is InChI=1S/C14H27N3S/c1-6-12-14(11(4)15-8-3)13(7-2)17(16-12)9-10-18-5/h11,15H,6-10H2,1-5H3. The summed E-state index contributed by atoms with van der Waals surface area (Å²) in [6.45, 7) is 10.9. The number of hydrogen-bond donors (Lipinski definition) is 1. The Morgan fingerprint density at radius 2 is 2.00 bits per heavy atom. The molecule has 1 unspecified atom stereocenters. The Balaban J connectivity index is 3.07. The fourth-order valence-electron chi connectivity index (χ4n) is 2.47. The molecule has 1 aromatic rings. The van der Waals surface area contributed by atoms with Crippen molar-refractivity contribution in [2.24, 2.45) is 0 Å². The first-order valence-electron chi connectivity index (χ1n) is 7.00. The number of hydrogen-bond acceptors (Lipinski definition) is 3. The van der Waals surface area contributed by atoms with Crippen LogP contribution in [-0.4, -0.2) is 28.3 Å². The summed E-state index contributed by atoms with van der Waals surface area (Å²) < 4.78 is 2.22. The molecular weight excluding hydrogens is 242 g/mol. The third-order valence-electron chi connectivity index (χ3n) is 3.30. The van der Waals surface area contributed by atoms with Crippen LogP contribution in [0.3, 0.4) is 0 Å². The van der Waals surface area contributed by atoms with Gasteiger partial charge in [-0.25, -0.2) is 0 Å². The monoisotopic (exact) mass is 269 g/mol. The molecule has 18 heavy (non-hydrogen) atoms. The molecule has 1 rings (SSSR count). The summed E-state index contributed by atoms with van der Waals surface area (Å²) in [6.07, 6.45) is 4.23. The molecule has 4 heteroatoms. The van der Waals surface area contributed by atoms with Gasteiger partial charge in [0.1, 0.15) is 0 Å². The molecule has 0 amide bonds. The summed E-state index contributed by atoms with van der Waals surface area (Å²) in [5, 5.41) is 8.33. The first-order chi connectivity index (χ1) is 8.69. The average molecular weight is 269 g/mol. The maximum atomic E-state index is 4.80. The maximum Gasteiger partial charge on any atom is 0.0672 e. The van der Waals surface area contributed by atoms with Gasteiger partial charge in [-0.3, -0.25) is 4.68 Å². The number of nitrogens with zero attached hydrogens (tertiary/aromatic N) is 2. The lowest BCUT2D eigenvalue weighted by Gasteiger charge is -2.15. The fourth-order valence-corrected chi connectivity index (χ4v) is 2.83. The van der Waals surface area contributed by atoms with Crippen molar-refractivity contribution in [1.82, 2.24) is 15.1 Å². The first-order valence-corrected chi connectivity index (χ1v) is 8.39. The predicted molar refractivity (Wildman–Crippen MR) is 81.5 cm³/mol. The molecule has 104 valence electrons. The molecule has 3 nitrogen and oxygen atoms in total. The SMILES string of the molecule is CCNC(C)c1c(CC)nn(CCSC)c1CC. The number of aromatic nitrogens is 2. The highest BCUT2D eigenvalue weighted by molar-refractivity contribution is 7.98. The molecule has 0 bridgehead atoms. The van der Waals surface area contributed by atoms with Crippen LogP contribution in [0.4, 0.5) is 0 Å². The molecule has 0 saturated heterocycles. The van der Waals surface area contributed by atoms with E-state index in [0.29, 0.717) is 6.04 Å². The Kier molecular flexibility index (Phi) is 6.79. The summed E-state index contributed by atoms with van der Waals surface area (Å²) in [7, 11) is 0. The van der Waals surface area contributed by atoms with Crippen molar-refractivity contribution in [2.75, 3.05) is 18.6 Å². The lowest BCUT2D eigenvalue weighted by atomic mass is 10.0. The van der Waals surface area contributed by atoms with E-state index in [2.05, 4.69) is 43.9 Å². The van der Waals surface area contributed by atoms with Crippen LogP contribution in [0.1, 0.15) is 50.7 Å². The highest BCUT2D eigenvalue weighted by Gasteiger charge is 2.19. The van der Waals surface area contributed by atoms with Gasteiger partial charge in [-0.2, -0.15) is 16.9 Å². The van der Waals surface area contributed by atoms with E-state index < -0.39 is 0 Å². The molecule has 0 fully saturated rings. The van der Waals surface area contributed by atoms with Crippen molar-refractivity contribution in [3.05, 3.63) is 17.0 Å². The Morgan fingerprint density at radius 1 is 1.28 bits per heavy atom. The third-order valence-corrected chi connectivity index (χ3v) is 3.89. The molecule has 0 spiro atoms. The Hall–Kier alpha value is -0.480. The van der Waals surface area contributed by atoms with Crippen molar-refractivity contribution in [1.29, 1.82) is 0 Å². The first kappa shape index (κ1) is 15.6. The zero-order chi connectivity index (χ0) is 13.5. The highest BCUT2D eigenvalue weighted by Crippen LogP contribution is 2.23. The van der Waals surface area contributed by atoms with E-state index in [1.54, 1.807) is 0 Å². The summed E-state index contributed by atoms with van der Waals surface area (Å²) in [4.78, 5) is 0. The van der Waals surface area contributed by atoms with Crippen molar-refractivity contribution < 1.29 is 0 Å². The van der Waals surface area contributed by atoms with E-state index in [-0.39, 0.29) is 0 Å². The lowest BCUT2D eigenvalue weighted by molar-refractivity contribution is 0.581. The smallest absolute Gasteiger partial charge is 0.0672 e. The molecule has 1 heterocycles. The van der Waals surface area contributed by atoms with E-state index in [0.717, 1.165) is 31.7 Å². The van der Waals surface area contributed by atoms with Gasteiger partial charge in [0, 0.05) is 23.1 Å². The number of nitrogens with one attached hydrogen (secondary N) is 1. The van der Waals surface area contributed by atoms with Gasteiger partial charge in [0.15, 0.2) is 0 Å². The fraction of sp³-hybridized carbons (Fsp3) is 0.786. The Bertz CT molecular complexity index is 360. The minimum Gasteiger partial charge on any atom is -0.310 e. The van der Waals surface area contributed by atoms with E-state index in [1.165, 1.54) is 17.0 Å². The summed E-state index contributed by atoms with van der Waals surface area (Å²) >= 11 is 1.88. The highest BCUT2D eigenvalue weighted by atomic mass is 32.2. The van der Waals surface area contributed by atoms with Crippen molar-refractivity contribution in [2.45, 2.75) is 53.1 Å². The molecule has 1 N–H and O–H groups in total. The molecule has 0 aliphatic rings. The molecule has 0 aliphatic carbocycles. The van der Waals surface area contributed by atoms with Crippen LogP contribution in [0.15, 0.2) is 0 Å². The van der Waals surface area contributed by atoms with Crippen LogP contribution >= 0.6 is 11.8 Å². The van der Waals surface area contributed by atoms with Crippen LogP contribution in [0.5, 0.6) is 0 Å². The van der Waals surface area contributed by atoms with Gasteiger partial charge in [0.05, 0.1) is 12.2 Å². The average Bonchev–Trinajstić information content (AvgIpc) is 2.74. The molecule has 1 atom stereocenters. The van der Waals surface area contributed by atoms with Gasteiger partial charge in [-0.15, -0.1) is 0 Å². The molecule has 0 aliphatic heterocycles. The second-order valence-corrected chi connectivity index (χ2v) is 5.50. The van der Waals surface area contributed by atoms with E-state index >= 15 is 0 Å². The second kappa shape index (κ2) is 7.85. The molecule has 0 radical (unpaired) electrons. The minimum absolute atomic E-state index is 0.405. The van der Waals surface area contributed by atoms with Crippen LogP contribution in [0, 0.1) is 0 Å². The maximum absolute atomic E-state index is 4.80. The zero-order valence-electron chi connectivity index (χ0n) is 12.4. The predicted octanol–water partition coefficient (Wildman–Crippen LogP) is 3.04. The van der Waals surface area contributed by atoms with Crippen molar-refractivity contribution in [3.63, 3.8) is 0 Å². The summed E-state index contributed by atoms with van der Waals surface area (Å²) in [5.41, 5.74) is 4.11. The van der Waals surface area contributed by atoms with Crippen LogP contribution in [0.25, 0.3) is 0 Å². The van der Waals surface area contributed by atoms with Crippen molar-refractivity contribution in [3.8, 4) is 0 Å². The van der Waals surface area contributed by atoms with E-state index in [9.17, 15) is 0 Å². The molecule has 0 saturated carbocycles. The third kappa shape index (κ3) is 3.51. The lowest BCUT2D eigenvalue weighted by Crippen LogP contribution is -2.20.